The number of ether oxygens (including phenoxy) is 1. The molecule has 0 bridgehead atoms. The average Bonchev–Trinajstić information content (AvgIpc) is 2.38. The Hall–Kier alpha value is -0.950. The van der Waals surface area contributed by atoms with Gasteiger partial charge in [0.1, 0.15) is 0 Å². The first-order chi connectivity index (χ1) is 9.01. The van der Waals surface area contributed by atoms with Crippen LogP contribution in [0.1, 0.15) is 12.5 Å². The van der Waals surface area contributed by atoms with Crippen molar-refractivity contribution in [3.05, 3.63) is 35.9 Å². The zero-order valence-corrected chi connectivity index (χ0v) is 11.7. The van der Waals surface area contributed by atoms with Crippen LogP contribution in [0.4, 0.5) is 0 Å². The predicted molar refractivity (Wildman–Crippen MR) is 72.1 cm³/mol. The van der Waals surface area contributed by atoms with Gasteiger partial charge >= 0.3 is 0 Å². The average molecular weight is 285 g/mol. The van der Waals surface area contributed by atoms with Gasteiger partial charge in [-0.05, 0) is 12.5 Å². The lowest BCUT2D eigenvalue weighted by atomic mass is 10.2. The Morgan fingerprint density at radius 1 is 1.32 bits per heavy atom. The number of morpholine rings is 1. The van der Waals surface area contributed by atoms with E-state index in [9.17, 15) is 8.42 Å². The van der Waals surface area contributed by atoms with Gasteiger partial charge in [-0.2, -0.15) is 4.31 Å². The lowest BCUT2D eigenvalue weighted by Crippen LogP contribution is -2.50. The van der Waals surface area contributed by atoms with E-state index in [-0.39, 0.29) is 25.0 Å². The van der Waals surface area contributed by atoms with Crippen LogP contribution in [-0.2, 0) is 20.5 Å². The van der Waals surface area contributed by atoms with E-state index in [1.54, 1.807) is 12.1 Å². The summed E-state index contributed by atoms with van der Waals surface area (Å²) in [6, 6.07) is 9.09. The molecule has 5 nitrogen and oxygen atoms in total. The summed E-state index contributed by atoms with van der Waals surface area (Å²) in [5, 5.41) is 9.14. The second-order valence-electron chi connectivity index (χ2n) is 4.81. The first kappa shape index (κ1) is 14.5. The van der Waals surface area contributed by atoms with Crippen LogP contribution in [0, 0.1) is 0 Å². The monoisotopic (exact) mass is 285 g/mol. The number of benzene rings is 1. The summed E-state index contributed by atoms with van der Waals surface area (Å²) in [6.07, 6.45) is -0.634. The molecular weight excluding hydrogens is 266 g/mol. The quantitative estimate of drug-likeness (QED) is 0.879. The van der Waals surface area contributed by atoms with E-state index < -0.39 is 16.1 Å². The van der Waals surface area contributed by atoms with Gasteiger partial charge in [-0.15, -0.1) is 0 Å². The van der Waals surface area contributed by atoms with Crippen LogP contribution in [0.15, 0.2) is 30.3 Å². The molecule has 0 spiro atoms. The highest BCUT2D eigenvalue weighted by Crippen LogP contribution is 2.17. The molecule has 6 heteroatoms. The summed E-state index contributed by atoms with van der Waals surface area (Å²) >= 11 is 0. The third-order valence-corrected chi connectivity index (χ3v) is 4.86. The van der Waals surface area contributed by atoms with Crippen molar-refractivity contribution in [1.29, 1.82) is 0 Å². The Bertz CT molecular complexity index is 503. The minimum absolute atomic E-state index is 0.0152. The van der Waals surface area contributed by atoms with E-state index in [4.69, 9.17) is 9.84 Å². The fraction of sp³-hybridized carbons (Fsp3) is 0.538. The molecule has 1 aromatic rings. The van der Waals surface area contributed by atoms with Crippen LogP contribution in [0.2, 0.25) is 0 Å². The fourth-order valence-corrected chi connectivity index (χ4v) is 3.83. The second kappa shape index (κ2) is 6.00. The number of aliphatic hydroxyl groups excluding tert-OH is 1. The second-order valence-corrected chi connectivity index (χ2v) is 6.78. The molecule has 2 rings (SSSR count). The molecule has 0 saturated carbocycles. The number of nitrogens with zero attached hydrogens (tertiary/aromatic N) is 1. The van der Waals surface area contributed by atoms with Gasteiger partial charge in [-0.3, -0.25) is 0 Å². The van der Waals surface area contributed by atoms with E-state index >= 15 is 0 Å². The largest absolute Gasteiger partial charge is 0.394 e. The molecule has 0 aliphatic carbocycles. The van der Waals surface area contributed by atoms with Crippen molar-refractivity contribution in [3.63, 3.8) is 0 Å². The summed E-state index contributed by atoms with van der Waals surface area (Å²) in [6.45, 7) is 2.20. The first-order valence-corrected chi connectivity index (χ1v) is 7.90. The van der Waals surface area contributed by atoms with Gasteiger partial charge in [0.2, 0.25) is 10.0 Å². The molecule has 2 atom stereocenters. The predicted octanol–water partition coefficient (Wildman–Crippen LogP) is 0.598. The van der Waals surface area contributed by atoms with Crippen LogP contribution in [0.25, 0.3) is 0 Å². The molecule has 0 radical (unpaired) electrons. The van der Waals surface area contributed by atoms with E-state index in [0.717, 1.165) is 5.56 Å². The number of aliphatic hydroxyl groups is 1. The lowest BCUT2D eigenvalue weighted by molar-refractivity contribution is -0.0750. The topological polar surface area (TPSA) is 66.8 Å². The van der Waals surface area contributed by atoms with Gasteiger partial charge in [0.15, 0.2) is 0 Å². The number of hydrogen-bond acceptors (Lipinski definition) is 4. The molecule has 2 unspecified atom stereocenters. The molecule has 0 aromatic heterocycles. The maximum Gasteiger partial charge on any atom is 0.218 e. The molecule has 1 aliphatic heterocycles. The number of sulfonamides is 1. The normalized spacial score (nSPS) is 25.4. The summed E-state index contributed by atoms with van der Waals surface area (Å²) < 4.78 is 31.6. The smallest absolute Gasteiger partial charge is 0.218 e. The summed E-state index contributed by atoms with van der Waals surface area (Å²) in [5.74, 6) is -0.0152. The first-order valence-electron chi connectivity index (χ1n) is 6.29. The minimum Gasteiger partial charge on any atom is -0.394 e. The SMILES string of the molecule is CC1CN(S(=O)(=O)Cc2ccccc2)CC(CO)O1. The third-order valence-electron chi connectivity index (χ3n) is 3.08. The highest BCUT2D eigenvalue weighted by Gasteiger charge is 2.32. The van der Waals surface area contributed by atoms with Gasteiger partial charge in [0.05, 0.1) is 24.6 Å². The minimum atomic E-state index is -3.37. The molecule has 0 amide bonds. The van der Waals surface area contributed by atoms with Crippen LogP contribution >= 0.6 is 0 Å². The molecule has 1 fully saturated rings. The molecule has 1 aliphatic rings. The maximum absolute atomic E-state index is 12.4. The van der Waals surface area contributed by atoms with Crippen molar-refractivity contribution in [3.8, 4) is 0 Å². The van der Waals surface area contributed by atoms with E-state index in [2.05, 4.69) is 0 Å². The van der Waals surface area contributed by atoms with Crippen molar-refractivity contribution in [2.75, 3.05) is 19.7 Å². The summed E-state index contributed by atoms with van der Waals surface area (Å²) in [7, 11) is -3.37. The Morgan fingerprint density at radius 2 is 2.00 bits per heavy atom. The van der Waals surface area contributed by atoms with Crippen LogP contribution in [-0.4, -0.2) is 49.7 Å². The highest BCUT2D eigenvalue weighted by molar-refractivity contribution is 7.88. The van der Waals surface area contributed by atoms with E-state index in [1.165, 1.54) is 4.31 Å². The van der Waals surface area contributed by atoms with E-state index in [0.29, 0.717) is 6.54 Å². The summed E-state index contributed by atoms with van der Waals surface area (Å²) in [5.41, 5.74) is 0.766. The summed E-state index contributed by atoms with van der Waals surface area (Å²) in [4.78, 5) is 0. The molecule has 1 aromatic carbocycles. The van der Waals surface area contributed by atoms with Gasteiger partial charge in [0, 0.05) is 13.1 Å². The standard InChI is InChI=1S/C13H19NO4S/c1-11-7-14(8-13(9-15)18-11)19(16,17)10-12-5-3-2-4-6-12/h2-6,11,13,15H,7-10H2,1H3. The van der Waals surface area contributed by atoms with Gasteiger partial charge in [0.25, 0.3) is 0 Å². The van der Waals surface area contributed by atoms with Gasteiger partial charge < -0.3 is 9.84 Å². The van der Waals surface area contributed by atoms with Crippen molar-refractivity contribution in [2.45, 2.75) is 24.9 Å². The van der Waals surface area contributed by atoms with Crippen molar-refractivity contribution < 1.29 is 18.3 Å². The van der Waals surface area contributed by atoms with Crippen LogP contribution < -0.4 is 0 Å². The number of hydrogen-bond donors (Lipinski definition) is 1. The van der Waals surface area contributed by atoms with Crippen molar-refractivity contribution in [2.24, 2.45) is 0 Å². The Balaban J connectivity index is 2.11. The highest BCUT2D eigenvalue weighted by atomic mass is 32.2. The Morgan fingerprint density at radius 3 is 2.63 bits per heavy atom. The molecule has 1 N–H and O–H groups in total. The van der Waals surface area contributed by atoms with Crippen LogP contribution in [0.5, 0.6) is 0 Å². The molecule has 1 heterocycles. The Kier molecular flexibility index (Phi) is 4.57. The molecular formula is C13H19NO4S. The molecule has 1 saturated heterocycles. The zero-order valence-electron chi connectivity index (χ0n) is 10.9. The molecule has 106 valence electrons. The van der Waals surface area contributed by atoms with Crippen molar-refractivity contribution in [1.82, 2.24) is 4.31 Å². The number of rotatable bonds is 4. The van der Waals surface area contributed by atoms with Crippen molar-refractivity contribution >= 4 is 10.0 Å². The molecule has 19 heavy (non-hydrogen) atoms. The van der Waals surface area contributed by atoms with E-state index in [1.807, 2.05) is 25.1 Å². The zero-order chi connectivity index (χ0) is 13.9. The Labute approximate surface area is 113 Å². The fourth-order valence-electron chi connectivity index (χ4n) is 2.21. The van der Waals surface area contributed by atoms with Crippen LogP contribution in [0.3, 0.4) is 0 Å². The maximum atomic E-state index is 12.4. The van der Waals surface area contributed by atoms with Gasteiger partial charge in [-0.25, -0.2) is 8.42 Å². The third kappa shape index (κ3) is 3.76. The lowest BCUT2D eigenvalue weighted by Gasteiger charge is -2.35. The van der Waals surface area contributed by atoms with Gasteiger partial charge in [-0.1, -0.05) is 30.3 Å².